The van der Waals surface area contributed by atoms with Crippen LogP contribution in [0.5, 0.6) is 5.75 Å². The van der Waals surface area contributed by atoms with E-state index in [2.05, 4.69) is 17.6 Å². The third-order valence-electron chi connectivity index (χ3n) is 2.31. The molecule has 0 fully saturated rings. The van der Waals surface area contributed by atoms with Crippen molar-refractivity contribution >= 4 is 24.0 Å². The molecule has 1 heterocycles. The van der Waals surface area contributed by atoms with E-state index in [0.717, 1.165) is 22.9 Å². The van der Waals surface area contributed by atoms with Crippen molar-refractivity contribution in [2.45, 2.75) is 6.42 Å². The van der Waals surface area contributed by atoms with Crippen LogP contribution in [0.25, 0.3) is 10.6 Å². The van der Waals surface area contributed by atoms with Gasteiger partial charge >= 0.3 is 0 Å². The molecule has 1 aromatic heterocycles. The number of thiazole rings is 1. The SMILES string of the molecule is COc1ccc(F)cc1-c1nc(CCS)cs1. The van der Waals surface area contributed by atoms with Gasteiger partial charge in [-0.05, 0) is 30.4 Å². The minimum Gasteiger partial charge on any atom is -0.496 e. The predicted octanol–water partition coefficient (Wildman–Crippen LogP) is 3.43. The first-order valence-electron chi connectivity index (χ1n) is 5.13. The van der Waals surface area contributed by atoms with Crippen LogP contribution in [0.4, 0.5) is 4.39 Å². The van der Waals surface area contributed by atoms with Crippen molar-refractivity contribution < 1.29 is 9.13 Å². The average Bonchev–Trinajstić information content (AvgIpc) is 2.78. The van der Waals surface area contributed by atoms with Gasteiger partial charge in [-0.25, -0.2) is 9.37 Å². The fourth-order valence-corrected chi connectivity index (χ4v) is 2.61. The molecule has 2 nitrogen and oxygen atoms in total. The molecule has 0 radical (unpaired) electrons. The molecule has 5 heteroatoms. The molecule has 2 aromatic rings. The van der Waals surface area contributed by atoms with Gasteiger partial charge < -0.3 is 4.74 Å². The Balaban J connectivity index is 2.40. The molecule has 0 spiro atoms. The van der Waals surface area contributed by atoms with Crippen molar-refractivity contribution in [3.05, 3.63) is 35.1 Å². The second kappa shape index (κ2) is 5.51. The molecule has 0 saturated heterocycles. The van der Waals surface area contributed by atoms with Crippen LogP contribution in [0, 0.1) is 5.82 Å². The van der Waals surface area contributed by atoms with Crippen LogP contribution in [-0.4, -0.2) is 17.8 Å². The molecule has 0 amide bonds. The highest BCUT2D eigenvalue weighted by Crippen LogP contribution is 2.32. The molecule has 0 aliphatic rings. The third-order valence-corrected chi connectivity index (χ3v) is 3.46. The van der Waals surface area contributed by atoms with Gasteiger partial charge in [-0.2, -0.15) is 12.6 Å². The first-order valence-corrected chi connectivity index (χ1v) is 6.65. The van der Waals surface area contributed by atoms with E-state index in [1.807, 2.05) is 5.38 Å². The Hall–Kier alpha value is -1.07. The number of thiol groups is 1. The standard InChI is InChI=1S/C12H12FNOS2/c1-15-11-3-2-8(13)6-10(11)12-14-9(4-5-16)7-17-12/h2-3,6-7,16H,4-5H2,1H3. The summed E-state index contributed by atoms with van der Waals surface area (Å²) in [5.74, 6) is 1.11. The largest absolute Gasteiger partial charge is 0.496 e. The second-order valence-electron chi connectivity index (χ2n) is 3.46. The highest BCUT2D eigenvalue weighted by molar-refractivity contribution is 7.80. The van der Waals surface area contributed by atoms with Crippen LogP contribution >= 0.6 is 24.0 Å². The van der Waals surface area contributed by atoms with E-state index in [9.17, 15) is 4.39 Å². The maximum absolute atomic E-state index is 13.2. The van der Waals surface area contributed by atoms with Crippen molar-refractivity contribution in [1.82, 2.24) is 4.98 Å². The van der Waals surface area contributed by atoms with Crippen LogP contribution in [-0.2, 0) is 6.42 Å². The Labute approximate surface area is 109 Å². The number of hydrogen-bond acceptors (Lipinski definition) is 4. The van der Waals surface area contributed by atoms with E-state index in [-0.39, 0.29) is 5.82 Å². The highest BCUT2D eigenvalue weighted by atomic mass is 32.1. The number of aryl methyl sites for hydroxylation is 1. The first kappa shape index (κ1) is 12.4. The summed E-state index contributed by atoms with van der Waals surface area (Å²) in [5.41, 5.74) is 1.68. The predicted molar refractivity (Wildman–Crippen MR) is 71.6 cm³/mol. The van der Waals surface area contributed by atoms with E-state index in [1.54, 1.807) is 13.2 Å². The molecule has 0 saturated carbocycles. The van der Waals surface area contributed by atoms with Gasteiger partial charge in [0, 0.05) is 5.38 Å². The first-order chi connectivity index (χ1) is 8.24. The monoisotopic (exact) mass is 269 g/mol. The van der Waals surface area contributed by atoms with Gasteiger partial charge in [0.05, 0.1) is 18.4 Å². The van der Waals surface area contributed by atoms with E-state index >= 15 is 0 Å². The summed E-state index contributed by atoms with van der Waals surface area (Å²) in [4.78, 5) is 4.44. The highest BCUT2D eigenvalue weighted by Gasteiger charge is 2.11. The quantitative estimate of drug-likeness (QED) is 0.859. The third kappa shape index (κ3) is 2.79. The van der Waals surface area contributed by atoms with Crippen LogP contribution in [0.3, 0.4) is 0 Å². The van der Waals surface area contributed by atoms with Crippen molar-refractivity contribution in [2.75, 3.05) is 12.9 Å². The lowest BCUT2D eigenvalue weighted by molar-refractivity contribution is 0.415. The molecule has 1 aromatic carbocycles. The number of nitrogens with zero attached hydrogens (tertiary/aromatic N) is 1. The van der Waals surface area contributed by atoms with Gasteiger partial charge in [0.25, 0.3) is 0 Å². The van der Waals surface area contributed by atoms with E-state index in [4.69, 9.17) is 4.74 Å². The van der Waals surface area contributed by atoms with E-state index < -0.39 is 0 Å². The molecule has 0 unspecified atom stereocenters. The van der Waals surface area contributed by atoms with Gasteiger partial charge in [-0.15, -0.1) is 11.3 Å². The van der Waals surface area contributed by atoms with Gasteiger partial charge in [0.2, 0.25) is 0 Å². The number of aromatic nitrogens is 1. The minimum absolute atomic E-state index is 0.285. The van der Waals surface area contributed by atoms with E-state index in [1.165, 1.54) is 23.5 Å². The van der Waals surface area contributed by atoms with Crippen molar-refractivity contribution in [2.24, 2.45) is 0 Å². The average molecular weight is 269 g/mol. The zero-order valence-corrected chi connectivity index (χ0v) is 11.0. The number of hydrogen-bond donors (Lipinski definition) is 1. The van der Waals surface area contributed by atoms with Gasteiger partial charge in [-0.1, -0.05) is 0 Å². The normalized spacial score (nSPS) is 10.5. The summed E-state index contributed by atoms with van der Waals surface area (Å²) >= 11 is 5.65. The molecule has 17 heavy (non-hydrogen) atoms. The maximum Gasteiger partial charge on any atom is 0.129 e. The van der Waals surface area contributed by atoms with Crippen LogP contribution in [0.15, 0.2) is 23.6 Å². The summed E-state index contributed by atoms with van der Waals surface area (Å²) in [7, 11) is 1.57. The summed E-state index contributed by atoms with van der Waals surface area (Å²) < 4.78 is 18.4. The fourth-order valence-electron chi connectivity index (χ4n) is 1.51. The van der Waals surface area contributed by atoms with Crippen LogP contribution < -0.4 is 4.74 Å². The summed E-state index contributed by atoms with van der Waals surface area (Å²) in [6.45, 7) is 0. The lowest BCUT2D eigenvalue weighted by Gasteiger charge is -2.05. The lowest BCUT2D eigenvalue weighted by atomic mass is 10.2. The van der Waals surface area contributed by atoms with Crippen molar-refractivity contribution in [3.8, 4) is 16.3 Å². The Morgan fingerprint density at radius 1 is 1.47 bits per heavy atom. The number of halogens is 1. The fraction of sp³-hybridized carbons (Fsp3) is 0.250. The number of rotatable bonds is 4. The Bertz CT molecular complexity index is 513. The van der Waals surface area contributed by atoms with Crippen LogP contribution in [0.2, 0.25) is 0 Å². The zero-order chi connectivity index (χ0) is 12.3. The molecule has 0 N–H and O–H groups in total. The smallest absolute Gasteiger partial charge is 0.129 e. The Kier molecular flexibility index (Phi) is 4.02. The summed E-state index contributed by atoms with van der Waals surface area (Å²) in [6, 6.07) is 4.44. The number of benzene rings is 1. The summed E-state index contributed by atoms with van der Waals surface area (Å²) in [5, 5.41) is 2.74. The summed E-state index contributed by atoms with van der Waals surface area (Å²) in [6.07, 6.45) is 0.817. The molecule has 2 rings (SSSR count). The van der Waals surface area contributed by atoms with Gasteiger partial charge in [0.1, 0.15) is 16.6 Å². The molecule has 90 valence electrons. The molecule has 0 atom stereocenters. The lowest BCUT2D eigenvalue weighted by Crippen LogP contribution is -1.90. The molecule has 0 aliphatic heterocycles. The maximum atomic E-state index is 13.2. The Morgan fingerprint density at radius 2 is 2.29 bits per heavy atom. The Morgan fingerprint density at radius 3 is 3.00 bits per heavy atom. The topological polar surface area (TPSA) is 22.1 Å². The second-order valence-corrected chi connectivity index (χ2v) is 4.77. The van der Waals surface area contributed by atoms with Gasteiger partial charge in [0.15, 0.2) is 0 Å². The number of ether oxygens (including phenoxy) is 1. The minimum atomic E-state index is -0.285. The molecular formula is C12H12FNOS2. The number of methoxy groups -OCH3 is 1. The zero-order valence-electron chi connectivity index (χ0n) is 9.31. The van der Waals surface area contributed by atoms with E-state index in [0.29, 0.717) is 11.3 Å². The van der Waals surface area contributed by atoms with Gasteiger partial charge in [-0.3, -0.25) is 0 Å². The van der Waals surface area contributed by atoms with Crippen molar-refractivity contribution in [1.29, 1.82) is 0 Å². The van der Waals surface area contributed by atoms with Crippen molar-refractivity contribution in [3.63, 3.8) is 0 Å². The molecule has 0 aliphatic carbocycles. The van der Waals surface area contributed by atoms with Crippen LogP contribution in [0.1, 0.15) is 5.69 Å². The molecular weight excluding hydrogens is 257 g/mol. The molecule has 0 bridgehead atoms.